The Kier molecular flexibility index (Phi) is 9.70. The molecule has 192 valence electrons. The molecule has 0 spiro atoms. The van der Waals surface area contributed by atoms with Gasteiger partial charge in [0.25, 0.3) is 0 Å². The lowest BCUT2D eigenvalue weighted by molar-refractivity contribution is 0.887. The molecule has 15 N–H and O–H groups in total. The van der Waals surface area contributed by atoms with E-state index in [0.29, 0.717) is 0 Å². The number of nitrogens with one attached hydrogen (secondary N) is 9. The van der Waals surface area contributed by atoms with Crippen LogP contribution in [-0.4, -0.2) is 59.8 Å². The molecule has 4 rings (SSSR count). The minimum absolute atomic E-state index is 0.0417. The SMILES string of the molecule is Nc1nc(N)nc(N)n1.O=c1[nH]c(=O)[nH]c(=O)[nH]1.O=c1[nH]c(=O)[nH]c(=O)[nH]1.O=c1[nH]c(=O)[nH]c(=O)[nH]1. The van der Waals surface area contributed by atoms with Crippen LogP contribution in [-0.2, 0) is 0 Å². The molecule has 0 radical (unpaired) electrons. The lowest BCUT2D eigenvalue weighted by Gasteiger charge is -1.93. The average Bonchev–Trinajstić information content (AvgIpc) is 2.64. The Morgan fingerprint density at radius 3 is 0.528 bits per heavy atom. The first-order valence-corrected chi connectivity index (χ1v) is 8.54. The van der Waals surface area contributed by atoms with Crippen LogP contribution in [0.5, 0.6) is 0 Å². The predicted molar refractivity (Wildman–Crippen MR) is 118 cm³/mol. The summed E-state index contributed by atoms with van der Waals surface area (Å²) in [6.07, 6.45) is 0. The summed E-state index contributed by atoms with van der Waals surface area (Å²) in [5.74, 6) is 0.125. The first-order valence-electron chi connectivity index (χ1n) is 8.54. The number of nitrogens with two attached hydrogens (primary N) is 3. The Hall–Kier alpha value is -6.36. The Balaban J connectivity index is 0.000000240. The maximum atomic E-state index is 10.2. The molecular formula is C12H15N15O9. The van der Waals surface area contributed by atoms with Gasteiger partial charge in [0.2, 0.25) is 17.8 Å². The van der Waals surface area contributed by atoms with Gasteiger partial charge in [-0.05, 0) is 0 Å². The lowest BCUT2D eigenvalue weighted by atomic mass is 10.9. The first kappa shape index (κ1) is 27.7. The van der Waals surface area contributed by atoms with Gasteiger partial charge in [0.05, 0.1) is 0 Å². The highest BCUT2D eigenvalue weighted by molar-refractivity contribution is 5.33. The van der Waals surface area contributed by atoms with Gasteiger partial charge in [0.1, 0.15) is 0 Å². The van der Waals surface area contributed by atoms with Crippen molar-refractivity contribution >= 4 is 17.8 Å². The number of H-pyrrole nitrogens is 9. The van der Waals surface area contributed by atoms with Crippen LogP contribution in [0.25, 0.3) is 0 Å². The zero-order valence-electron chi connectivity index (χ0n) is 17.2. The normalized spacial score (nSPS) is 9.33. The Labute approximate surface area is 190 Å². The molecule has 24 heteroatoms. The largest absolute Gasteiger partial charge is 0.368 e. The smallest absolute Gasteiger partial charge is 0.330 e. The second kappa shape index (κ2) is 12.6. The molecule has 0 aliphatic carbocycles. The number of anilines is 3. The van der Waals surface area contributed by atoms with E-state index in [-0.39, 0.29) is 17.8 Å². The number of aromatic nitrogens is 12. The van der Waals surface area contributed by atoms with E-state index < -0.39 is 51.2 Å². The number of hydrogen-bond acceptors (Lipinski definition) is 15. The molecule has 0 aliphatic rings. The van der Waals surface area contributed by atoms with Crippen molar-refractivity contribution in [2.75, 3.05) is 17.2 Å². The molecule has 0 bridgehead atoms. The molecule has 0 amide bonds. The van der Waals surface area contributed by atoms with E-state index in [1.54, 1.807) is 44.9 Å². The van der Waals surface area contributed by atoms with Gasteiger partial charge < -0.3 is 17.2 Å². The second-order valence-corrected chi connectivity index (χ2v) is 5.50. The van der Waals surface area contributed by atoms with E-state index in [4.69, 9.17) is 17.2 Å². The third kappa shape index (κ3) is 11.3. The summed E-state index contributed by atoms with van der Waals surface area (Å²) in [4.78, 5) is 118. The summed E-state index contributed by atoms with van der Waals surface area (Å²) in [6.45, 7) is 0. The molecule has 24 nitrogen and oxygen atoms in total. The Morgan fingerprint density at radius 2 is 0.417 bits per heavy atom. The molecule has 4 heterocycles. The third-order valence-electron chi connectivity index (χ3n) is 2.73. The maximum Gasteiger partial charge on any atom is 0.330 e. The predicted octanol–water partition coefficient (Wildman–Crippen LogP) is -8.13. The fourth-order valence-corrected chi connectivity index (χ4v) is 1.64. The maximum absolute atomic E-state index is 10.2. The summed E-state index contributed by atoms with van der Waals surface area (Å²) < 4.78 is 0. The summed E-state index contributed by atoms with van der Waals surface area (Å²) >= 11 is 0. The van der Waals surface area contributed by atoms with E-state index >= 15 is 0 Å². The highest BCUT2D eigenvalue weighted by Gasteiger charge is 1.94. The number of rotatable bonds is 0. The van der Waals surface area contributed by atoms with Crippen molar-refractivity contribution in [2.45, 2.75) is 0 Å². The number of nitrogens with zero attached hydrogens (tertiary/aromatic N) is 3. The molecule has 0 saturated heterocycles. The van der Waals surface area contributed by atoms with Crippen LogP contribution in [0.2, 0.25) is 0 Å². The first-order chi connectivity index (χ1) is 16.7. The highest BCUT2D eigenvalue weighted by Crippen LogP contribution is 1.97. The van der Waals surface area contributed by atoms with Crippen LogP contribution in [0.3, 0.4) is 0 Å². The van der Waals surface area contributed by atoms with Crippen LogP contribution in [0.1, 0.15) is 0 Å². The van der Waals surface area contributed by atoms with Crippen LogP contribution < -0.4 is 68.4 Å². The highest BCUT2D eigenvalue weighted by atomic mass is 16.2. The molecule has 0 fully saturated rings. The van der Waals surface area contributed by atoms with E-state index in [0.717, 1.165) is 0 Å². The molecule has 4 aromatic heterocycles. The zero-order valence-corrected chi connectivity index (χ0v) is 17.2. The summed E-state index contributed by atoms with van der Waals surface area (Å²) in [7, 11) is 0. The van der Waals surface area contributed by atoms with Gasteiger partial charge in [-0.3, -0.25) is 44.9 Å². The van der Waals surface area contributed by atoms with Crippen LogP contribution >= 0.6 is 0 Å². The second-order valence-electron chi connectivity index (χ2n) is 5.50. The molecule has 36 heavy (non-hydrogen) atoms. The van der Waals surface area contributed by atoms with Crippen molar-refractivity contribution in [3.63, 3.8) is 0 Å². The van der Waals surface area contributed by atoms with Gasteiger partial charge in [-0.1, -0.05) is 0 Å². The quantitative estimate of drug-likeness (QED) is 0.104. The number of nitrogen functional groups attached to an aromatic ring is 3. The fourth-order valence-electron chi connectivity index (χ4n) is 1.64. The van der Waals surface area contributed by atoms with Gasteiger partial charge in [0, 0.05) is 0 Å². The van der Waals surface area contributed by atoms with E-state index in [1.165, 1.54) is 0 Å². The van der Waals surface area contributed by atoms with Crippen molar-refractivity contribution in [2.24, 2.45) is 0 Å². The average molecular weight is 513 g/mol. The fraction of sp³-hybridized carbons (Fsp3) is 0. The molecule has 0 atom stereocenters. The summed E-state index contributed by atoms with van der Waals surface area (Å²) in [5, 5.41) is 0. The van der Waals surface area contributed by atoms with Crippen molar-refractivity contribution < 1.29 is 0 Å². The standard InChI is InChI=1S/C3H6N6.3C3H3N3O3/c4-1-7-2(5)9-3(6)8-1;3*7-1-4-2(8)6-3(9)5-1/h(H6,4,5,6,7,8,9);3*(H3,4,5,6,7,8,9). The minimum Gasteiger partial charge on any atom is -0.368 e. The third-order valence-corrected chi connectivity index (χ3v) is 2.73. The number of aromatic amines is 9. The molecule has 0 aromatic carbocycles. The summed E-state index contributed by atoms with van der Waals surface area (Å²) in [6, 6.07) is 0. The Morgan fingerprint density at radius 1 is 0.306 bits per heavy atom. The van der Waals surface area contributed by atoms with Gasteiger partial charge in [-0.2, -0.15) is 15.0 Å². The summed E-state index contributed by atoms with van der Waals surface area (Å²) in [5.41, 5.74) is 8.19. The molecule has 4 aromatic rings. The zero-order chi connectivity index (χ0) is 27.4. The van der Waals surface area contributed by atoms with Crippen LogP contribution in [0.4, 0.5) is 17.8 Å². The van der Waals surface area contributed by atoms with Crippen molar-refractivity contribution in [3.05, 3.63) is 94.4 Å². The van der Waals surface area contributed by atoms with E-state index in [1.807, 2.05) is 0 Å². The van der Waals surface area contributed by atoms with Gasteiger partial charge in [0.15, 0.2) is 0 Å². The van der Waals surface area contributed by atoms with Gasteiger partial charge >= 0.3 is 51.2 Å². The lowest BCUT2D eigenvalue weighted by Crippen LogP contribution is -2.34. The molecule has 0 unspecified atom stereocenters. The van der Waals surface area contributed by atoms with Crippen LogP contribution in [0.15, 0.2) is 43.2 Å². The van der Waals surface area contributed by atoms with Crippen molar-refractivity contribution in [1.29, 1.82) is 0 Å². The van der Waals surface area contributed by atoms with Crippen molar-refractivity contribution in [1.82, 2.24) is 59.8 Å². The van der Waals surface area contributed by atoms with E-state index in [2.05, 4.69) is 15.0 Å². The molecule has 0 aliphatic heterocycles. The minimum atomic E-state index is -0.802. The van der Waals surface area contributed by atoms with Crippen molar-refractivity contribution in [3.8, 4) is 0 Å². The van der Waals surface area contributed by atoms with E-state index in [9.17, 15) is 43.2 Å². The Bertz CT molecular complexity index is 1360. The van der Waals surface area contributed by atoms with Crippen LogP contribution in [0, 0.1) is 0 Å². The number of hydrogen-bond donors (Lipinski definition) is 12. The topological polar surface area (TPSA) is 412 Å². The molecule has 0 saturated carbocycles. The van der Waals surface area contributed by atoms with Gasteiger partial charge in [-0.15, -0.1) is 0 Å². The van der Waals surface area contributed by atoms with Gasteiger partial charge in [-0.25, -0.2) is 43.2 Å². The molecular weight excluding hydrogens is 498 g/mol. The monoisotopic (exact) mass is 513 g/mol.